The van der Waals surface area contributed by atoms with Crippen LogP contribution in [0.5, 0.6) is 0 Å². The number of halogens is 1. The zero-order chi connectivity index (χ0) is 13.3. The number of imide groups is 1. The molecule has 0 atom stereocenters. The van der Waals surface area contributed by atoms with Gasteiger partial charge in [-0.3, -0.25) is 19.3 Å². The fourth-order valence-corrected chi connectivity index (χ4v) is 2.14. The highest BCUT2D eigenvalue weighted by atomic mass is 35.5. The molecule has 1 aromatic rings. The van der Waals surface area contributed by atoms with Crippen LogP contribution in [0.1, 0.15) is 33.6 Å². The standard InChI is InChI=1S/C12H10ClNO4/c13-8-4-1-3-7-10(8)12(18)14(11(7)17)6-2-5-9(15)16/h1,3-4H,2,5-6H2,(H,15,16). The molecule has 0 unspecified atom stereocenters. The van der Waals surface area contributed by atoms with Crippen LogP contribution in [0, 0.1) is 0 Å². The van der Waals surface area contributed by atoms with Crippen LogP contribution in [-0.2, 0) is 4.79 Å². The van der Waals surface area contributed by atoms with E-state index in [1.54, 1.807) is 18.2 Å². The van der Waals surface area contributed by atoms with E-state index in [2.05, 4.69) is 0 Å². The molecule has 2 rings (SSSR count). The Balaban J connectivity index is 2.18. The number of carboxylic acid groups (broad SMARTS) is 1. The van der Waals surface area contributed by atoms with Gasteiger partial charge in [-0.15, -0.1) is 0 Å². The van der Waals surface area contributed by atoms with Crippen LogP contribution in [0.2, 0.25) is 5.02 Å². The SMILES string of the molecule is O=C(O)CCCN1C(=O)c2cccc(Cl)c2C1=O. The summed E-state index contributed by atoms with van der Waals surface area (Å²) < 4.78 is 0. The summed E-state index contributed by atoms with van der Waals surface area (Å²) in [6.45, 7) is 0.0922. The maximum absolute atomic E-state index is 12.0. The zero-order valence-electron chi connectivity index (χ0n) is 9.35. The Morgan fingerprint density at radius 3 is 2.61 bits per heavy atom. The van der Waals surface area contributed by atoms with Gasteiger partial charge >= 0.3 is 5.97 Å². The maximum atomic E-state index is 12.0. The van der Waals surface area contributed by atoms with Crippen molar-refractivity contribution in [2.45, 2.75) is 12.8 Å². The number of hydrogen-bond acceptors (Lipinski definition) is 3. The minimum absolute atomic E-state index is 0.0822. The van der Waals surface area contributed by atoms with Gasteiger partial charge in [0.2, 0.25) is 0 Å². The molecule has 2 amide bonds. The third kappa shape index (κ3) is 2.09. The third-order valence-electron chi connectivity index (χ3n) is 2.72. The lowest BCUT2D eigenvalue weighted by Gasteiger charge is -2.12. The highest BCUT2D eigenvalue weighted by Gasteiger charge is 2.36. The van der Waals surface area contributed by atoms with E-state index in [0.29, 0.717) is 0 Å². The van der Waals surface area contributed by atoms with Crippen molar-refractivity contribution in [2.75, 3.05) is 6.54 Å². The molecule has 0 spiro atoms. The van der Waals surface area contributed by atoms with Crippen LogP contribution >= 0.6 is 11.6 Å². The number of carbonyl (C=O) groups excluding carboxylic acids is 2. The molecular weight excluding hydrogens is 258 g/mol. The smallest absolute Gasteiger partial charge is 0.303 e. The molecule has 6 heteroatoms. The lowest BCUT2D eigenvalue weighted by Crippen LogP contribution is -2.31. The van der Waals surface area contributed by atoms with Gasteiger partial charge in [0.15, 0.2) is 0 Å². The molecule has 0 aromatic heterocycles. The molecule has 5 nitrogen and oxygen atoms in total. The van der Waals surface area contributed by atoms with Gasteiger partial charge in [0.25, 0.3) is 11.8 Å². The normalized spacial score (nSPS) is 13.9. The molecular formula is C12H10ClNO4. The van der Waals surface area contributed by atoms with Crippen LogP contribution in [0.3, 0.4) is 0 Å². The highest BCUT2D eigenvalue weighted by Crippen LogP contribution is 2.29. The van der Waals surface area contributed by atoms with Crippen LogP contribution < -0.4 is 0 Å². The second kappa shape index (κ2) is 4.78. The van der Waals surface area contributed by atoms with Gasteiger partial charge in [0.05, 0.1) is 16.1 Å². The summed E-state index contributed by atoms with van der Waals surface area (Å²) in [5.41, 5.74) is 0.488. The van der Waals surface area contributed by atoms with Crippen molar-refractivity contribution >= 4 is 29.4 Å². The van der Waals surface area contributed by atoms with Gasteiger partial charge in [-0.25, -0.2) is 0 Å². The van der Waals surface area contributed by atoms with E-state index in [-0.39, 0.29) is 35.5 Å². The average molecular weight is 268 g/mol. The number of carboxylic acids is 1. The van der Waals surface area contributed by atoms with E-state index in [4.69, 9.17) is 16.7 Å². The summed E-state index contributed by atoms with van der Waals surface area (Å²) in [5.74, 6) is -1.82. The quantitative estimate of drug-likeness (QED) is 0.844. The number of carbonyl (C=O) groups is 3. The van der Waals surface area contributed by atoms with E-state index < -0.39 is 17.8 Å². The summed E-state index contributed by atoms with van der Waals surface area (Å²) in [6.07, 6.45) is 0.152. The molecule has 0 fully saturated rings. The average Bonchev–Trinajstić information content (AvgIpc) is 2.55. The van der Waals surface area contributed by atoms with E-state index in [0.717, 1.165) is 4.90 Å². The molecule has 0 radical (unpaired) electrons. The van der Waals surface area contributed by atoms with Crippen LogP contribution in [0.4, 0.5) is 0 Å². The molecule has 1 N–H and O–H groups in total. The van der Waals surface area contributed by atoms with Gasteiger partial charge in [-0.1, -0.05) is 17.7 Å². The first-order valence-electron chi connectivity index (χ1n) is 5.39. The second-order valence-corrected chi connectivity index (χ2v) is 4.33. The molecule has 0 aliphatic carbocycles. The van der Waals surface area contributed by atoms with Crippen LogP contribution in [-0.4, -0.2) is 34.3 Å². The lowest BCUT2D eigenvalue weighted by molar-refractivity contribution is -0.137. The van der Waals surface area contributed by atoms with Crippen LogP contribution in [0.25, 0.3) is 0 Å². The predicted octanol–water partition coefficient (Wildman–Crippen LogP) is 1.80. The first-order valence-corrected chi connectivity index (χ1v) is 5.76. The van der Waals surface area contributed by atoms with Crippen molar-refractivity contribution in [3.8, 4) is 0 Å². The topological polar surface area (TPSA) is 74.7 Å². The van der Waals surface area contributed by atoms with Crippen molar-refractivity contribution in [2.24, 2.45) is 0 Å². The largest absolute Gasteiger partial charge is 0.481 e. The monoisotopic (exact) mass is 267 g/mol. The zero-order valence-corrected chi connectivity index (χ0v) is 10.1. The van der Waals surface area contributed by atoms with E-state index in [1.165, 1.54) is 0 Å². The van der Waals surface area contributed by atoms with E-state index in [9.17, 15) is 14.4 Å². The molecule has 0 saturated carbocycles. The van der Waals surface area contributed by atoms with Gasteiger partial charge in [-0.2, -0.15) is 0 Å². The minimum Gasteiger partial charge on any atom is -0.481 e. The Kier molecular flexibility index (Phi) is 3.34. The first-order chi connectivity index (χ1) is 8.52. The molecule has 0 bridgehead atoms. The highest BCUT2D eigenvalue weighted by molar-refractivity contribution is 6.37. The van der Waals surface area contributed by atoms with Crippen molar-refractivity contribution in [3.63, 3.8) is 0 Å². The Labute approximate surface area is 108 Å². The van der Waals surface area contributed by atoms with Crippen molar-refractivity contribution in [1.29, 1.82) is 0 Å². The van der Waals surface area contributed by atoms with Crippen LogP contribution in [0.15, 0.2) is 18.2 Å². The number of nitrogens with zero attached hydrogens (tertiary/aromatic N) is 1. The fraction of sp³-hybridized carbons (Fsp3) is 0.250. The number of benzene rings is 1. The Morgan fingerprint density at radius 2 is 2.00 bits per heavy atom. The van der Waals surface area contributed by atoms with Crippen molar-refractivity contribution in [3.05, 3.63) is 34.3 Å². The number of fused-ring (bicyclic) bond motifs is 1. The lowest BCUT2D eigenvalue weighted by atomic mass is 10.1. The molecule has 1 aliphatic heterocycles. The number of aliphatic carboxylic acids is 1. The Hall–Kier alpha value is -1.88. The summed E-state index contributed by atoms with van der Waals surface area (Å²) in [5, 5.41) is 8.77. The van der Waals surface area contributed by atoms with Gasteiger partial charge in [-0.05, 0) is 18.6 Å². The second-order valence-electron chi connectivity index (χ2n) is 3.92. The Bertz CT molecular complexity index is 541. The number of amides is 2. The summed E-state index contributed by atoms with van der Waals surface area (Å²) in [4.78, 5) is 35.4. The third-order valence-corrected chi connectivity index (χ3v) is 3.04. The number of rotatable bonds is 4. The van der Waals surface area contributed by atoms with E-state index in [1.807, 2.05) is 0 Å². The fourth-order valence-electron chi connectivity index (χ4n) is 1.88. The van der Waals surface area contributed by atoms with Gasteiger partial charge < -0.3 is 5.11 Å². The summed E-state index contributed by atoms with van der Waals surface area (Å²) in [7, 11) is 0. The number of hydrogen-bond donors (Lipinski definition) is 1. The molecule has 1 heterocycles. The molecule has 94 valence electrons. The van der Waals surface area contributed by atoms with Crippen molar-refractivity contribution < 1.29 is 19.5 Å². The molecule has 1 aromatic carbocycles. The van der Waals surface area contributed by atoms with Crippen molar-refractivity contribution in [1.82, 2.24) is 4.90 Å². The van der Waals surface area contributed by atoms with E-state index >= 15 is 0 Å². The first kappa shape index (κ1) is 12.6. The minimum atomic E-state index is -0.954. The van der Waals surface area contributed by atoms with Gasteiger partial charge in [0, 0.05) is 13.0 Å². The Morgan fingerprint density at radius 1 is 1.28 bits per heavy atom. The maximum Gasteiger partial charge on any atom is 0.303 e. The molecule has 0 saturated heterocycles. The predicted molar refractivity (Wildman–Crippen MR) is 63.7 cm³/mol. The summed E-state index contributed by atoms with van der Waals surface area (Å²) in [6, 6.07) is 4.69. The molecule has 18 heavy (non-hydrogen) atoms. The van der Waals surface area contributed by atoms with Gasteiger partial charge in [0.1, 0.15) is 0 Å². The molecule has 1 aliphatic rings. The summed E-state index contributed by atoms with van der Waals surface area (Å²) >= 11 is 5.89.